The Kier molecular flexibility index (Phi) is 5.51. The van der Waals surface area contributed by atoms with Crippen LogP contribution in [-0.2, 0) is 12.2 Å². The first kappa shape index (κ1) is 19.2. The molecule has 2 nitrogen and oxygen atoms in total. The molecule has 0 aliphatic heterocycles. The Hall–Kier alpha value is -2.17. The van der Waals surface area contributed by atoms with Crippen molar-refractivity contribution in [3.05, 3.63) is 87.3 Å². The third kappa shape index (κ3) is 3.85. The summed E-state index contributed by atoms with van der Waals surface area (Å²) in [5.41, 5.74) is 6.56. The third-order valence-electron chi connectivity index (χ3n) is 5.26. The lowest BCUT2D eigenvalue weighted by Gasteiger charge is -2.25. The van der Waals surface area contributed by atoms with Crippen LogP contribution in [0.4, 0.5) is 0 Å². The zero-order valence-corrected chi connectivity index (χ0v) is 17.8. The van der Waals surface area contributed by atoms with Gasteiger partial charge in [-0.2, -0.15) is 0 Å². The minimum absolute atomic E-state index is 0.116. The molecule has 0 fully saturated rings. The van der Waals surface area contributed by atoms with E-state index in [1.165, 1.54) is 16.7 Å². The third-order valence-corrected chi connectivity index (χ3v) is 7.93. The van der Waals surface area contributed by atoms with Crippen LogP contribution in [0, 0.1) is 12.3 Å². The molecule has 0 bridgehead atoms. The fourth-order valence-corrected chi connectivity index (χ4v) is 6.32. The summed E-state index contributed by atoms with van der Waals surface area (Å²) >= 11 is 3.33. The summed E-state index contributed by atoms with van der Waals surface area (Å²) in [7, 11) is 0. The lowest BCUT2D eigenvalue weighted by molar-refractivity contribution is 0.102. The van der Waals surface area contributed by atoms with Crippen LogP contribution in [0.5, 0.6) is 0 Å². The number of fused-ring (bicyclic) bond motifs is 1. The predicted molar refractivity (Wildman–Crippen MR) is 119 cm³/mol. The van der Waals surface area contributed by atoms with Crippen LogP contribution < -0.4 is 0 Å². The number of hydrogen-bond acceptors (Lipinski definition) is 4. The van der Waals surface area contributed by atoms with Crippen molar-refractivity contribution in [2.24, 2.45) is 0 Å². The standard InChI is InChI=1S/C24H23NOS2/c1-15-8-10-18(11-9-15)19-12-20-22(21(25)13-19)24(28-23(20)16(2)26)27-14-17-6-4-3-5-7-17/h3-11,19,25H,12-14H2,1-2H3. The molecule has 4 rings (SSSR count). The van der Waals surface area contributed by atoms with Gasteiger partial charge >= 0.3 is 0 Å². The molecule has 1 heterocycles. The van der Waals surface area contributed by atoms with Gasteiger partial charge in [0.1, 0.15) is 0 Å². The van der Waals surface area contributed by atoms with E-state index < -0.39 is 0 Å². The van der Waals surface area contributed by atoms with Crippen molar-refractivity contribution in [1.29, 1.82) is 5.41 Å². The Morgan fingerprint density at radius 3 is 2.50 bits per heavy atom. The minimum Gasteiger partial charge on any atom is -0.305 e. The molecule has 1 N–H and O–H groups in total. The Bertz CT molecular complexity index is 1020. The molecule has 0 spiro atoms. The van der Waals surface area contributed by atoms with Crippen molar-refractivity contribution in [3.63, 3.8) is 0 Å². The quantitative estimate of drug-likeness (QED) is 0.381. The molecule has 2 aromatic carbocycles. The molecule has 1 atom stereocenters. The molecule has 0 radical (unpaired) electrons. The number of Topliss-reactive ketones (excluding diaryl/α,β-unsaturated/α-hetero) is 1. The van der Waals surface area contributed by atoms with Crippen molar-refractivity contribution < 1.29 is 4.79 Å². The van der Waals surface area contributed by atoms with Crippen LogP contribution in [0.3, 0.4) is 0 Å². The van der Waals surface area contributed by atoms with E-state index in [1.807, 2.05) is 6.07 Å². The summed E-state index contributed by atoms with van der Waals surface area (Å²) in [6.07, 6.45) is 1.58. The van der Waals surface area contributed by atoms with Crippen molar-refractivity contribution in [3.8, 4) is 0 Å². The molecule has 142 valence electrons. The van der Waals surface area contributed by atoms with Gasteiger partial charge in [-0.05, 0) is 49.3 Å². The van der Waals surface area contributed by atoms with E-state index >= 15 is 0 Å². The van der Waals surface area contributed by atoms with Gasteiger partial charge in [0.15, 0.2) is 5.78 Å². The molecule has 0 saturated carbocycles. The Labute approximate surface area is 174 Å². The smallest absolute Gasteiger partial charge is 0.170 e. The molecule has 1 aliphatic rings. The number of hydrogen-bond donors (Lipinski definition) is 1. The summed E-state index contributed by atoms with van der Waals surface area (Å²) in [5, 5.41) is 8.75. The van der Waals surface area contributed by atoms with Gasteiger partial charge in [-0.15, -0.1) is 23.1 Å². The predicted octanol–water partition coefficient (Wildman–Crippen LogP) is 6.65. The molecule has 3 aromatic rings. The number of thioether (sulfide) groups is 1. The number of nitrogens with one attached hydrogen (secondary N) is 1. The molecule has 0 amide bonds. The average Bonchev–Trinajstić information content (AvgIpc) is 3.07. The van der Waals surface area contributed by atoms with E-state index in [0.29, 0.717) is 5.71 Å². The van der Waals surface area contributed by atoms with Crippen LogP contribution >= 0.6 is 23.1 Å². The Balaban J connectivity index is 1.66. The fourth-order valence-electron chi connectivity index (χ4n) is 3.79. The molecule has 0 saturated heterocycles. The van der Waals surface area contributed by atoms with Crippen LogP contribution in [0.2, 0.25) is 0 Å². The molecule has 4 heteroatoms. The van der Waals surface area contributed by atoms with Gasteiger partial charge in [-0.25, -0.2) is 0 Å². The van der Waals surface area contributed by atoms with E-state index in [1.54, 1.807) is 30.0 Å². The maximum absolute atomic E-state index is 12.3. The van der Waals surface area contributed by atoms with Gasteiger partial charge in [-0.3, -0.25) is 4.79 Å². The zero-order valence-electron chi connectivity index (χ0n) is 16.1. The largest absolute Gasteiger partial charge is 0.305 e. The molecule has 1 aromatic heterocycles. The number of benzene rings is 2. The zero-order chi connectivity index (χ0) is 19.7. The normalized spacial score (nSPS) is 16.1. The second kappa shape index (κ2) is 8.06. The maximum atomic E-state index is 12.3. The molecular weight excluding hydrogens is 382 g/mol. The second-order valence-corrected chi connectivity index (χ2v) is 9.66. The van der Waals surface area contributed by atoms with Gasteiger partial charge in [0, 0.05) is 17.0 Å². The molecule has 28 heavy (non-hydrogen) atoms. The van der Waals surface area contributed by atoms with Gasteiger partial charge in [0.2, 0.25) is 0 Å². The SMILES string of the molecule is CC(=O)c1sc(SCc2ccccc2)c2c1CC(c1ccc(C)cc1)CC2=N. The van der Waals surface area contributed by atoms with Crippen LogP contribution in [0.25, 0.3) is 0 Å². The van der Waals surface area contributed by atoms with Crippen LogP contribution in [0.1, 0.15) is 56.8 Å². The van der Waals surface area contributed by atoms with Crippen molar-refractivity contribution in [2.75, 3.05) is 0 Å². The lowest BCUT2D eigenvalue weighted by atomic mass is 9.79. The number of carbonyl (C=O) groups excluding carboxylic acids is 1. The number of ketones is 1. The number of carbonyl (C=O) groups is 1. The van der Waals surface area contributed by atoms with Crippen LogP contribution in [-0.4, -0.2) is 11.5 Å². The summed E-state index contributed by atoms with van der Waals surface area (Å²) in [6.45, 7) is 3.74. The van der Waals surface area contributed by atoms with E-state index in [9.17, 15) is 4.79 Å². The highest BCUT2D eigenvalue weighted by atomic mass is 32.2. The van der Waals surface area contributed by atoms with Crippen LogP contribution in [0.15, 0.2) is 58.8 Å². The highest BCUT2D eigenvalue weighted by molar-refractivity contribution is 8.00. The molecule has 1 aliphatic carbocycles. The van der Waals surface area contributed by atoms with E-state index in [2.05, 4.69) is 55.5 Å². The van der Waals surface area contributed by atoms with Gasteiger partial charge in [0.05, 0.1) is 9.09 Å². The van der Waals surface area contributed by atoms with E-state index in [0.717, 1.165) is 38.8 Å². The van der Waals surface area contributed by atoms with Crippen molar-refractivity contribution in [2.45, 2.75) is 42.6 Å². The minimum atomic E-state index is 0.116. The fraction of sp³-hybridized carbons (Fsp3) is 0.250. The van der Waals surface area contributed by atoms with Gasteiger partial charge in [0.25, 0.3) is 0 Å². The average molecular weight is 406 g/mol. The Morgan fingerprint density at radius 2 is 1.82 bits per heavy atom. The molecular formula is C24H23NOS2. The van der Waals surface area contributed by atoms with Crippen molar-refractivity contribution in [1.82, 2.24) is 0 Å². The molecule has 1 unspecified atom stereocenters. The summed E-state index contributed by atoms with van der Waals surface area (Å²) in [6, 6.07) is 19.0. The first-order valence-corrected chi connectivity index (χ1v) is 11.3. The maximum Gasteiger partial charge on any atom is 0.170 e. The number of thiophene rings is 1. The van der Waals surface area contributed by atoms with E-state index in [4.69, 9.17) is 5.41 Å². The lowest BCUT2D eigenvalue weighted by Crippen LogP contribution is -2.19. The highest BCUT2D eigenvalue weighted by Crippen LogP contribution is 2.44. The summed E-state index contributed by atoms with van der Waals surface area (Å²) < 4.78 is 1.12. The first-order chi connectivity index (χ1) is 13.5. The highest BCUT2D eigenvalue weighted by Gasteiger charge is 2.31. The van der Waals surface area contributed by atoms with Gasteiger partial charge in [-0.1, -0.05) is 60.2 Å². The summed E-state index contributed by atoms with van der Waals surface area (Å²) in [5.74, 6) is 1.25. The number of aryl methyl sites for hydroxylation is 1. The second-order valence-electron chi connectivity index (χ2n) is 7.40. The van der Waals surface area contributed by atoms with Gasteiger partial charge < -0.3 is 5.41 Å². The number of rotatable bonds is 5. The van der Waals surface area contributed by atoms with Crippen molar-refractivity contribution >= 4 is 34.6 Å². The topological polar surface area (TPSA) is 40.9 Å². The monoisotopic (exact) mass is 405 g/mol. The summed E-state index contributed by atoms with van der Waals surface area (Å²) in [4.78, 5) is 13.2. The van der Waals surface area contributed by atoms with E-state index in [-0.39, 0.29) is 11.7 Å². The Morgan fingerprint density at radius 1 is 1.11 bits per heavy atom. The first-order valence-electron chi connectivity index (χ1n) is 9.50.